The zero-order chi connectivity index (χ0) is 18.4. The first-order chi connectivity index (χ1) is 12.7. The van der Waals surface area contributed by atoms with Crippen molar-refractivity contribution in [2.75, 3.05) is 13.2 Å². The maximum absolute atomic E-state index is 12.5. The van der Waals surface area contributed by atoms with Gasteiger partial charge in [-0.3, -0.25) is 4.79 Å². The number of amides is 1. The number of carbonyl (C=O) groups is 2. The van der Waals surface area contributed by atoms with Crippen molar-refractivity contribution in [2.24, 2.45) is 0 Å². The molecule has 0 aliphatic carbocycles. The first-order valence-electron chi connectivity index (χ1n) is 8.33. The minimum atomic E-state index is -0.586. The molecule has 1 N–H and O–H groups in total. The Bertz CT molecular complexity index is 889. The van der Waals surface area contributed by atoms with Crippen LogP contribution >= 0.6 is 0 Å². The minimum Gasteiger partial charge on any atom is -0.452 e. The fourth-order valence-electron chi connectivity index (χ4n) is 2.50. The number of aromatic nitrogens is 2. The van der Waals surface area contributed by atoms with Crippen LogP contribution in [-0.2, 0) is 9.53 Å². The number of esters is 1. The van der Waals surface area contributed by atoms with E-state index in [9.17, 15) is 9.59 Å². The maximum Gasteiger partial charge on any atom is 0.342 e. The Morgan fingerprint density at radius 3 is 2.35 bits per heavy atom. The minimum absolute atomic E-state index is 0.310. The van der Waals surface area contributed by atoms with Crippen LogP contribution in [0.15, 0.2) is 66.9 Å². The molecule has 0 spiro atoms. The first-order valence-corrected chi connectivity index (χ1v) is 8.33. The smallest absolute Gasteiger partial charge is 0.342 e. The number of nitrogens with one attached hydrogen (secondary N) is 1. The molecule has 6 heteroatoms. The standard InChI is InChI=1S/C20H19N3O3/c1-2-21-18(24)14-26-20(25)17-13-23(16-11-7-4-8-12-16)22-19(17)15-9-5-3-6-10-15/h3-13H,2,14H2,1H3,(H,21,24). The topological polar surface area (TPSA) is 73.2 Å². The Hall–Kier alpha value is -3.41. The van der Waals surface area contributed by atoms with E-state index in [2.05, 4.69) is 10.4 Å². The Labute approximate surface area is 151 Å². The highest BCUT2D eigenvalue weighted by Gasteiger charge is 2.20. The average molecular weight is 349 g/mol. The monoisotopic (exact) mass is 349 g/mol. The van der Waals surface area contributed by atoms with Gasteiger partial charge in [-0.15, -0.1) is 0 Å². The molecule has 26 heavy (non-hydrogen) atoms. The molecule has 132 valence electrons. The van der Waals surface area contributed by atoms with Gasteiger partial charge in [-0.05, 0) is 19.1 Å². The van der Waals surface area contributed by atoms with Crippen molar-refractivity contribution < 1.29 is 14.3 Å². The van der Waals surface area contributed by atoms with Gasteiger partial charge in [-0.2, -0.15) is 5.10 Å². The molecule has 1 aromatic heterocycles. The van der Waals surface area contributed by atoms with Gasteiger partial charge >= 0.3 is 5.97 Å². The number of benzene rings is 2. The molecule has 0 fully saturated rings. The molecular formula is C20H19N3O3. The third-order valence-electron chi connectivity index (χ3n) is 3.71. The summed E-state index contributed by atoms with van der Waals surface area (Å²) in [6.07, 6.45) is 1.62. The van der Waals surface area contributed by atoms with Gasteiger partial charge in [-0.25, -0.2) is 9.48 Å². The van der Waals surface area contributed by atoms with Gasteiger partial charge in [0.15, 0.2) is 6.61 Å². The zero-order valence-corrected chi connectivity index (χ0v) is 14.4. The van der Waals surface area contributed by atoms with E-state index < -0.39 is 5.97 Å². The lowest BCUT2D eigenvalue weighted by Gasteiger charge is -2.05. The normalized spacial score (nSPS) is 10.3. The van der Waals surface area contributed by atoms with Crippen LogP contribution in [0.1, 0.15) is 17.3 Å². The molecule has 2 aromatic carbocycles. The van der Waals surface area contributed by atoms with E-state index in [0.717, 1.165) is 11.3 Å². The summed E-state index contributed by atoms with van der Waals surface area (Å²) in [5.74, 6) is -0.921. The third kappa shape index (κ3) is 3.97. The van der Waals surface area contributed by atoms with E-state index in [1.54, 1.807) is 17.8 Å². The van der Waals surface area contributed by atoms with Crippen molar-refractivity contribution in [3.8, 4) is 16.9 Å². The Kier molecular flexibility index (Phi) is 5.43. The highest BCUT2D eigenvalue weighted by Crippen LogP contribution is 2.24. The van der Waals surface area contributed by atoms with Gasteiger partial charge in [-0.1, -0.05) is 48.5 Å². The SMILES string of the molecule is CCNC(=O)COC(=O)c1cn(-c2ccccc2)nc1-c1ccccc1. The van der Waals surface area contributed by atoms with Crippen LogP contribution in [0, 0.1) is 0 Å². The summed E-state index contributed by atoms with van der Waals surface area (Å²) in [6.45, 7) is 1.96. The predicted octanol–water partition coefficient (Wildman–Crippen LogP) is 2.83. The van der Waals surface area contributed by atoms with Crippen LogP contribution in [0.4, 0.5) is 0 Å². The highest BCUT2D eigenvalue weighted by molar-refractivity contribution is 5.97. The van der Waals surface area contributed by atoms with E-state index >= 15 is 0 Å². The Morgan fingerprint density at radius 1 is 1.04 bits per heavy atom. The average Bonchev–Trinajstić information content (AvgIpc) is 3.13. The highest BCUT2D eigenvalue weighted by atomic mass is 16.5. The van der Waals surface area contributed by atoms with Gasteiger partial charge in [0.05, 0.1) is 5.69 Å². The molecule has 0 saturated heterocycles. The molecule has 0 radical (unpaired) electrons. The fourth-order valence-corrected chi connectivity index (χ4v) is 2.50. The molecule has 0 aliphatic rings. The zero-order valence-electron chi connectivity index (χ0n) is 14.4. The fraction of sp³-hybridized carbons (Fsp3) is 0.150. The summed E-state index contributed by atoms with van der Waals surface area (Å²) in [5, 5.41) is 7.14. The Morgan fingerprint density at radius 2 is 1.69 bits per heavy atom. The summed E-state index contributed by atoms with van der Waals surface area (Å²) < 4.78 is 6.78. The van der Waals surface area contributed by atoms with Crippen LogP contribution in [0.25, 0.3) is 16.9 Å². The second-order valence-corrected chi connectivity index (χ2v) is 5.57. The molecule has 0 bridgehead atoms. The van der Waals surface area contributed by atoms with Gasteiger partial charge in [0.1, 0.15) is 11.3 Å². The second kappa shape index (κ2) is 8.11. The summed E-state index contributed by atoms with van der Waals surface area (Å²) in [5.41, 5.74) is 2.44. The van der Waals surface area contributed by atoms with Gasteiger partial charge < -0.3 is 10.1 Å². The van der Waals surface area contributed by atoms with E-state index in [1.165, 1.54) is 0 Å². The molecular weight excluding hydrogens is 330 g/mol. The molecule has 1 amide bonds. The van der Waals surface area contributed by atoms with E-state index in [4.69, 9.17) is 4.74 Å². The number of para-hydroxylation sites is 1. The molecule has 3 rings (SSSR count). The van der Waals surface area contributed by atoms with E-state index in [0.29, 0.717) is 17.8 Å². The van der Waals surface area contributed by atoms with Crippen molar-refractivity contribution in [2.45, 2.75) is 6.92 Å². The molecule has 0 unspecified atom stereocenters. The van der Waals surface area contributed by atoms with Crippen LogP contribution in [-0.4, -0.2) is 34.8 Å². The summed E-state index contributed by atoms with van der Waals surface area (Å²) in [7, 11) is 0. The molecule has 1 heterocycles. The Balaban J connectivity index is 1.93. The lowest BCUT2D eigenvalue weighted by Crippen LogP contribution is -2.28. The number of hydrogen-bond acceptors (Lipinski definition) is 4. The maximum atomic E-state index is 12.5. The number of nitrogens with zero attached hydrogens (tertiary/aromatic N) is 2. The quantitative estimate of drug-likeness (QED) is 0.695. The molecule has 0 atom stereocenters. The van der Waals surface area contributed by atoms with Crippen molar-refractivity contribution in [3.63, 3.8) is 0 Å². The van der Waals surface area contributed by atoms with E-state index in [1.807, 2.05) is 60.7 Å². The molecule has 0 saturated carbocycles. The lowest BCUT2D eigenvalue weighted by molar-refractivity contribution is -0.124. The van der Waals surface area contributed by atoms with Crippen LogP contribution in [0.2, 0.25) is 0 Å². The number of hydrogen-bond donors (Lipinski definition) is 1. The molecule has 3 aromatic rings. The molecule has 0 aliphatic heterocycles. The van der Waals surface area contributed by atoms with Crippen molar-refractivity contribution in [3.05, 3.63) is 72.4 Å². The first kappa shape index (κ1) is 17.4. The van der Waals surface area contributed by atoms with E-state index in [-0.39, 0.29) is 12.5 Å². The number of likely N-dealkylation sites (N-methyl/N-ethyl adjacent to an activating group) is 1. The molecule has 6 nitrogen and oxygen atoms in total. The summed E-state index contributed by atoms with van der Waals surface area (Å²) in [6, 6.07) is 18.9. The van der Waals surface area contributed by atoms with Crippen molar-refractivity contribution in [1.82, 2.24) is 15.1 Å². The lowest BCUT2D eigenvalue weighted by atomic mass is 10.1. The number of carbonyl (C=O) groups excluding carboxylic acids is 2. The number of ether oxygens (including phenoxy) is 1. The third-order valence-corrected chi connectivity index (χ3v) is 3.71. The van der Waals surface area contributed by atoms with Gasteiger partial charge in [0.25, 0.3) is 5.91 Å². The number of rotatable bonds is 6. The van der Waals surface area contributed by atoms with Crippen LogP contribution in [0.5, 0.6) is 0 Å². The summed E-state index contributed by atoms with van der Waals surface area (Å²) in [4.78, 5) is 24.1. The van der Waals surface area contributed by atoms with Gasteiger partial charge in [0.2, 0.25) is 0 Å². The van der Waals surface area contributed by atoms with Crippen molar-refractivity contribution in [1.29, 1.82) is 0 Å². The van der Waals surface area contributed by atoms with Crippen molar-refractivity contribution >= 4 is 11.9 Å². The predicted molar refractivity (Wildman–Crippen MR) is 98.0 cm³/mol. The van der Waals surface area contributed by atoms with Gasteiger partial charge in [0, 0.05) is 18.3 Å². The van der Waals surface area contributed by atoms with Crippen LogP contribution in [0.3, 0.4) is 0 Å². The van der Waals surface area contributed by atoms with Crippen LogP contribution < -0.4 is 5.32 Å². The second-order valence-electron chi connectivity index (χ2n) is 5.57. The summed E-state index contributed by atoms with van der Waals surface area (Å²) >= 11 is 0. The largest absolute Gasteiger partial charge is 0.452 e.